The van der Waals surface area contributed by atoms with Crippen LogP contribution in [0.25, 0.3) is 11.0 Å². The lowest BCUT2D eigenvalue weighted by Crippen LogP contribution is -2.24. The Labute approximate surface area is 136 Å². The second-order valence-corrected chi connectivity index (χ2v) is 5.67. The highest BCUT2D eigenvalue weighted by Gasteiger charge is 2.19. The van der Waals surface area contributed by atoms with E-state index in [2.05, 4.69) is 15.3 Å². The smallest absolute Gasteiger partial charge is 0.287 e. The molecule has 23 heavy (non-hydrogen) atoms. The summed E-state index contributed by atoms with van der Waals surface area (Å²) in [6.07, 6.45) is 1.29. The molecule has 1 amide bonds. The Morgan fingerprint density at radius 3 is 2.87 bits per heavy atom. The van der Waals surface area contributed by atoms with Gasteiger partial charge in [-0.1, -0.05) is 11.6 Å². The van der Waals surface area contributed by atoms with E-state index in [1.807, 2.05) is 19.9 Å². The summed E-state index contributed by atoms with van der Waals surface area (Å²) in [5.41, 5.74) is 2.40. The van der Waals surface area contributed by atoms with Gasteiger partial charge in [0.25, 0.3) is 11.5 Å². The Morgan fingerprint density at radius 1 is 1.35 bits per heavy atom. The zero-order chi connectivity index (χ0) is 16.6. The van der Waals surface area contributed by atoms with Crippen LogP contribution in [0.3, 0.4) is 0 Å². The van der Waals surface area contributed by atoms with Crippen molar-refractivity contribution < 1.29 is 9.21 Å². The van der Waals surface area contributed by atoms with Gasteiger partial charge in [0, 0.05) is 17.0 Å². The molecule has 1 aromatic carbocycles. The van der Waals surface area contributed by atoms with Crippen LogP contribution in [0.4, 0.5) is 0 Å². The molecule has 0 aliphatic heterocycles. The third-order valence-corrected chi connectivity index (χ3v) is 3.79. The normalized spacial score (nSPS) is 10.9. The molecule has 0 saturated heterocycles. The molecule has 0 bridgehead atoms. The molecule has 0 unspecified atom stereocenters. The number of aromatic nitrogens is 2. The quantitative estimate of drug-likeness (QED) is 0.772. The number of amides is 1. The molecule has 2 heterocycles. The maximum Gasteiger partial charge on any atom is 0.287 e. The summed E-state index contributed by atoms with van der Waals surface area (Å²) in [6.45, 7) is 3.87. The van der Waals surface area contributed by atoms with Gasteiger partial charge in [-0.25, -0.2) is 4.98 Å². The number of hydrogen-bond donors (Lipinski definition) is 2. The minimum atomic E-state index is -0.380. The Balaban J connectivity index is 1.88. The van der Waals surface area contributed by atoms with E-state index in [1.165, 1.54) is 12.4 Å². The summed E-state index contributed by atoms with van der Waals surface area (Å²) in [5.74, 6) is -0.174. The van der Waals surface area contributed by atoms with Crippen molar-refractivity contribution in [3.63, 3.8) is 0 Å². The fourth-order valence-electron chi connectivity index (χ4n) is 2.39. The Bertz CT molecular complexity index is 959. The number of H-pyrrole nitrogens is 1. The summed E-state index contributed by atoms with van der Waals surface area (Å²) in [5, 5.41) is 3.97. The molecule has 2 N–H and O–H groups in total. The lowest BCUT2D eigenvalue weighted by atomic mass is 10.1. The standard InChI is InChI=1S/C16H14ClN3O3/c1-8-3-11-9(2)14(23-15(11)12(17)4-8)16(22)18-6-10-5-13(21)20-7-19-10/h3-5,7H,6H2,1-2H3,(H,18,22)(H,19,20,21). The van der Waals surface area contributed by atoms with Gasteiger partial charge in [0.2, 0.25) is 0 Å². The molecule has 3 rings (SSSR count). The van der Waals surface area contributed by atoms with Gasteiger partial charge in [-0.15, -0.1) is 0 Å². The maximum absolute atomic E-state index is 12.3. The number of aryl methyl sites for hydroxylation is 2. The number of carbonyl (C=O) groups is 1. The zero-order valence-electron chi connectivity index (χ0n) is 12.6. The molecule has 0 spiro atoms. The van der Waals surface area contributed by atoms with E-state index in [9.17, 15) is 9.59 Å². The first-order valence-corrected chi connectivity index (χ1v) is 7.34. The fraction of sp³-hybridized carbons (Fsp3) is 0.188. The van der Waals surface area contributed by atoms with Crippen molar-refractivity contribution in [3.05, 3.63) is 62.5 Å². The van der Waals surface area contributed by atoms with Crippen LogP contribution >= 0.6 is 11.6 Å². The van der Waals surface area contributed by atoms with Crippen molar-refractivity contribution in [2.75, 3.05) is 0 Å². The predicted molar refractivity (Wildman–Crippen MR) is 86.7 cm³/mol. The van der Waals surface area contributed by atoms with Gasteiger partial charge in [-0.05, 0) is 31.5 Å². The van der Waals surface area contributed by atoms with Crippen LogP contribution in [-0.2, 0) is 6.54 Å². The summed E-state index contributed by atoms with van der Waals surface area (Å²) < 4.78 is 5.63. The van der Waals surface area contributed by atoms with Crippen LogP contribution < -0.4 is 10.9 Å². The number of carbonyl (C=O) groups excluding carboxylic acids is 1. The largest absolute Gasteiger partial charge is 0.449 e. The van der Waals surface area contributed by atoms with Gasteiger partial charge >= 0.3 is 0 Å². The number of hydrogen-bond acceptors (Lipinski definition) is 4. The first-order valence-electron chi connectivity index (χ1n) is 6.97. The van der Waals surface area contributed by atoms with Gasteiger partial charge in [-0.3, -0.25) is 9.59 Å². The van der Waals surface area contributed by atoms with E-state index >= 15 is 0 Å². The third kappa shape index (κ3) is 2.98. The summed E-state index contributed by atoms with van der Waals surface area (Å²) in [6, 6.07) is 5.04. The predicted octanol–water partition coefficient (Wildman–Crippen LogP) is 2.72. The Kier molecular flexibility index (Phi) is 3.92. The molecule has 3 aromatic rings. The molecule has 6 nitrogen and oxygen atoms in total. The number of furan rings is 1. The second-order valence-electron chi connectivity index (χ2n) is 5.26. The molecule has 0 radical (unpaired) electrons. The molecule has 0 saturated carbocycles. The maximum atomic E-state index is 12.3. The van der Waals surface area contributed by atoms with Crippen LogP contribution in [0.2, 0.25) is 5.02 Å². The lowest BCUT2D eigenvalue weighted by Gasteiger charge is -2.02. The topological polar surface area (TPSA) is 88.0 Å². The van der Waals surface area contributed by atoms with Crippen molar-refractivity contribution >= 4 is 28.5 Å². The van der Waals surface area contributed by atoms with Crippen molar-refractivity contribution in [2.24, 2.45) is 0 Å². The van der Waals surface area contributed by atoms with Crippen molar-refractivity contribution in [3.8, 4) is 0 Å². The lowest BCUT2D eigenvalue weighted by molar-refractivity contribution is 0.0924. The van der Waals surface area contributed by atoms with E-state index < -0.39 is 0 Å². The van der Waals surface area contributed by atoms with E-state index in [-0.39, 0.29) is 23.8 Å². The number of aromatic amines is 1. The average molecular weight is 332 g/mol. The molecular formula is C16H14ClN3O3. The molecule has 0 atom stereocenters. The highest BCUT2D eigenvalue weighted by molar-refractivity contribution is 6.35. The summed E-state index contributed by atoms with van der Waals surface area (Å²) in [7, 11) is 0. The fourth-order valence-corrected chi connectivity index (χ4v) is 2.70. The minimum Gasteiger partial charge on any atom is -0.449 e. The Morgan fingerprint density at radius 2 is 2.13 bits per heavy atom. The van der Waals surface area contributed by atoms with E-state index in [0.717, 1.165) is 16.5 Å². The van der Waals surface area contributed by atoms with Crippen LogP contribution in [0.15, 0.2) is 33.7 Å². The number of fused-ring (bicyclic) bond motifs is 1. The molecule has 118 valence electrons. The summed E-state index contributed by atoms with van der Waals surface area (Å²) >= 11 is 6.17. The van der Waals surface area contributed by atoms with Crippen molar-refractivity contribution in [2.45, 2.75) is 20.4 Å². The van der Waals surface area contributed by atoms with E-state index in [4.69, 9.17) is 16.0 Å². The van der Waals surface area contributed by atoms with Crippen LogP contribution in [0.1, 0.15) is 27.4 Å². The minimum absolute atomic E-state index is 0.131. The first-order chi connectivity index (χ1) is 11.0. The number of nitrogens with zero attached hydrogens (tertiary/aromatic N) is 1. The summed E-state index contributed by atoms with van der Waals surface area (Å²) in [4.78, 5) is 29.9. The molecular weight excluding hydrogens is 318 g/mol. The van der Waals surface area contributed by atoms with Gasteiger partial charge in [0.05, 0.1) is 23.6 Å². The average Bonchev–Trinajstić information content (AvgIpc) is 2.83. The van der Waals surface area contributed by atoms with Gasteiger partial charge in [0.1, 0.15) is 0 Å². The van der Waals surface area contributed by atoms with Crippen LogP contribution in [0, 0.1) is 13.8 Å². The van der Waals surface area contributed by atoms with Crippen molar-refractivity contribution in [1.29, 1.82) is 0 Å². The molecule has 0 fully saturated rings. The van der Waals surface area contributed by atoms with Gasteiger partial charge in [0.15, 0.2) is 11.3 Å². The Hall–Kier alpha value is -2.60. The number of nitrogens with one attached hydrogen (secondary N) is 2. The number of rotatable bonds is 3. The van der Waals surface area contributed by atoms with Crippen molar-refractivity contribution in [1.82, 2.24) is 15.3 Å². The SMILES string of the molecule is Cc1cc(Cl)c2oc(C(=O)NCc3cc(=O)[nH]cn3)c(C)c2c1. The second kappa shape index (κ2) is 5.89. The molecule has 0 aliphatic carbocycles. The molecule has 0 aliphatic rings. The van der Waals surface area contributed by atoms with E-state index in [0.29, 0.717) is 16.3 Å². The highest BCUT2D eigenvalue weighted by Crippen LogP contribution is 2.32. The molecule has 2 aromatic heterocycles. The van der Waals surface area contributed by atoms with Gasteiger partial charge < -0.3 is 14.7 Å². The number of benzene rings is 1. The van der Waals surface area contributed by atoms with E-state index in [1.54, 1.807) is 6.07 Å². The van der Waals surface area contributed by atoms with Crippen LogP contribution in [-0.4, -0.2) is 15.9 Å². The monoisotopic (exact) mass is 331 g/mol. The highest BCUT2D eigenvalue weighted by atomic mass is 35.5. The number of halogens is 1. The van der Waals surface area contributed by atoms with Gasteiger partial charge in [-0.2, -0.15) is 0 Å². The molecule has 7 heteroatoms. The first kappa shape index (κ1) is 15.3. The third-order valence-electron chi connectivity index (χ3n) is 3.51. The van der Waals surface area contributed by atoms with Crippen LogP contribution in [0.5, 0.6) is 0 Å². The zero-order valence-corrected chi connectivity index (χ0v) is 13.3.